The lowest BCUT2D eigenvalue weighted by Gasteiger charge is -2.31. The minimum Gasteiger partial charge on any atom is -0.489 e. The Balaban J connectivity index is 1.76. The molecule has 0 aliphatic carbocycles. The third-order valence-electron chi connectivity index (χ3n) is 4.55. The summed E-state index contributed by atoms with van der Waals surface area (Å²) in [6, 6.07) is 1.53. The summed E-state index contributed by atoms with van der Waals surface area (Å²) in [4.78, 5) is 12.7. The summed E-state index contributed by atoms with van der Waals surface area (Å²) in [7, 11) is 1.69. The van der Waals surface area contributed by atoms with Gasteiger partial charge in [0.05, 0.1) is 29.9 Å². The number of rotatable bonds is 4. The number of amides is 1. The van der Waals surface area contributed by atoms with Crippen LogP contribution in [-0.2, 0) is 4.74 Å². The Bertz CT molecular complexity index is 642. The molecule has 0 saturated carbocycles. The van der Waals surface area contributed by atoms with Crippen molar-refractivity contribution in [2.75, 3.05) is 40.0 Å². The molecule has 0 radical (unpaired) electrons. The Kier molecular flexibility index (Phi) is 6.28. The van der Waals surface area contributed by atoms with Crippen LogP contribution in [0.4, 0.5) is 0 Å². The van der Waals surface area contributed by atoms with E-state index in [1.165, 1.54) is 6.07 Å². The summed E-state index contributed by atoms with van der Waals surface area (Å²) in [5.41, 5.74) is 0.342. The van der Waals surface area contributed by atoms with Gasteiger partial charge in [0, 0.05) is 32.5 Å². The molecule has 1 fully saturated rings. The van der Waals surface area contributed by atoms with Crippen LogP contribution < -0.4 is 20.1 Å². The van der Waals surface area contributed by atoms with E-state index in [4.69, 9.17) is 37.4 Å². The number of nitrogens with one attached hydrogen (secondary N) is 2. The Morgan fingerprint density at radius 2 is 2.12 bits per heavy atom. The number of methoxy groups -OCH3 is 1. The third kappa shape index (κ3) is 4.14. The van der Waals surface area contributed by atoms with Crippen molar-refractivity contribution < 1.29 is 19.0 Å². The van der Waals surface area contributed by atoms with Crippen LogP contribution in [0.5, 0.6) is 11.5 Å². The second-order valence-electron chi connectivity index (χ2n) is 6.17. The van der Waals surface area contributed by atoms with Gasteiger partial charge in [-0.05, 0) is 19.0 Å². The molecule has 2 aliphatic rings. The largest absolute Gasteiger partial charge is 0.489 e. The minimum atomic E-state index is -0.256. The molecule has 0 aromatic heterocycles. The van der Waals surface area contributed by atoms with Gasteiger partial charge in [0.1, 0.15) is 5.02 Å². The molecule has 2 aliphatic heterocycles. The maximum absolute atomic E-state index is 12.7. The first-order chi connectivity index (χ1) is 12.1. The molecular formula is C17H22Cl2N2O4. The standard InChI is InChI=1S/C17H22Cl2N2O4/c1-23-13-9-20-4-3-10(13)8-21-17(22)11-7-12(18)14(19)16-15(11)24-5-2-6-25-16/h7,10,13,20H,2-6,8-9H2,1H3,(H,21,22)/t10-,13?/m0/s1. The van der Waals surface area contributed by atoms with E-state index in [2.05, 4.69) is 10.6 Å². The summed E-state index contributed by atoms with van der Waals surface area (Å²) in [6.07, 6.45) is 1.74. The number of piperidine rings is 1. The van der Waals surface area contributed by atoms with Gasteiger partial charge in [-0.3, -0.25) is 4.79 Å². The zero-order chi connectivity index (χ0) is 17.8. The van der Waals surface area contributed by atoms with Crippen molar-refractivity contribution in [3.05, 3.63) is 21.7 Å². The summed E-state index contributed by atoms with van der Waals surface area (Å²) >= 11 is 12.4. The summed E-state index contributed by atoms with van der Waals surface area (Å²) in [6.45, 7) is 3.16. The first-order valence-electron chi connectivity index (χ1n) is 8.41. The normalized spacial score (nSPS) is 23.0. The minimum absolute atomic E-state index is 0.0829. The molecule has 0 bridgehead atoms. The van der Waals surface area contributed by atoms with Crippen molar-refractivity contribution in [2.45, 2.75) is 18.9 Å². The molecule has 1 unspecified atom stereocenters. The molecule has 8 heteroatoms. The van der Waals surface area contributed by atoms with Crippen LogP contribution in [0, 0.1) is 5.92 Å². The van der Waals surface area contributed by atoms with Crippen LogP contribution in [0.3, 0.4) is 0 Å². The lowest BCUT2D eigenvalue weighted by Crippen LogP contribution is -2.46. The van der Waals surface area contributed by atoms with Crippen LogP contribution in [0.2, 0.25) is 10.0 Å². The zero-order valence-corrected chi connectivity index (χ0v) is 15.6. The molecule has 2 heterocycles. The van der Waals surface area contributed by atoms with Crippen LogP contribution in [0.25, 0.3) is 0 Å². The third-order valence-corrected chi connectivity index (χ3v) is 5.32. The molecule has 138 valence electrons. The molecule has 6 nitrogen and oxygen atoms in total. The number of hydrogen-bond acceptors (Lipinski definition) is 5. The van der Waals surface area contributed by atoms with Crippen molar-refractivity contribution in [2.24, 2.45) is 5.92 Å². The number of halogens is 2. The van der Waals surface area contributed by atoms with Gasteiger partial charge in [0.2, 0.25) is 0 Å². The molecule has 1 aromatic rings. The molecule has 2 N–H and O–H groups in total. The number of hydrogen-bond donors (Lipinski definition) is 2. The summed E-state index contributed by atoms with van der Waals surface area (Å²) in [5, 5.41) is 6.80. The van der Waals surface area contributed by atoms with Gasteiger partial charge in [-0.1, -0.05) is 23.2 Å². The number of carbonyl (C=O) groups is 1. The number of benzene rings is 1. The molecular weight excluding hydrogens is 367 g/mol. The second-order valence-corrected chi connectivity index (χ2v) is 6.95. The molecule has 1 saturated heterocycles. The van der Waals surface area contributed by atoms with Gasteiger partial charge in [0.25, 0.3) is 5.91 Å². The van der Waals surface area contributed by atoms with E-state index >= 15 is 0 Å². The predicted octanol–water partition coefficient (Wildman–Crippen LogP) is 2.51. The van der Waals surface area contributed by atoms with E-state index in [-0.39, 0.29) is 28.0 Å². The van der Waals surface area contributed by atoms with Crippen molar-refractivity contribution in [3.63, 3.8) is 0 Å². The average molecular weight is 389 g/mol. The fraction of sp³-hybridized carbons (Fsp3) is 0.588. The number of carbonyl (C=O) groups excluding carboxylic acids is 1. The second kappa shape index (κ2) is 8.45. The Morgan fingerprint density at radius 3 is 2.88 bits per heavy atom. The highest BCUT2D eigenvalue weighted by Gasteiger charge is 2.28. The SMILES string of the molecule is COC1CNCC[C@H]1CNC(=O)c1cc(Cl)c(Cl)c2c1OCCCO2. The zero-order valence-electron chi connectivity index (χ0n) is 14.1. The van der Waals surface area contributed by atoms with Gasteiger partial charge < -0.3 is 24.8 Å². The van der Waals surface area contributed by atoms with Crippen molar-refractivity contribution in [1.29, 1.82) is 0 Å². The van der Waals surface area contributed by atoms with Gasteiger partial charge in [-0.15, -0.1) is 0 Å². The maximum Gasteiger partial charge on any atom is 0.255 e. The number of fused-ring (bicyclic) bond motifs is 1. The Labute approximate surface area is 157 Å². The topological polar surface area (TPSA) is 68.8 Å². The first-order valence-corrected chi connectivity index (χ1v) is 9.16. The molecule has 0 spiro atoms. The lowest BCUT2D eigenvalue weighted by molar-refractivity contribution is 0.0338. The van der Waals surface area contributed by atoms with E-state index < -0.39 is 0 Å². The van der Waals surface area contributed by atoms with E-state index in [0.29, 0.717) is 43.2 Å². The Morgan fingerprint density at radius 1 is 1.36 bits per heavy atom. The summed E-state index contributed by atoms with van der Waals surface area (Å²) < 4.78 is 16.8. The maximum atomic E-state index is 12.7. The smallest absolute Gasteiger partial charge is 0.255 e. The fourth-order valence-electron chi connectivity index (χ4n) is 3.15. The molecule has 25 heavy (non-hydrogen) atoms. The molecule has 2 atom stereocenters. The predicted molar refractivity (Wildman–Crippen MR) is 96.2 cm³/mol. The Hall–Kier alpha value is -1.21. The molecule has 1 aromatic carbocycles. The summed E-state index contributed by atoms with van der Waals surface area (Å²) in [5.74, 6) is 0.703. The highest BCUT2D eigenvalue weighted by atomic mass is 35.5. The van der Waals surface area contributed by atoms with E-state index in [1.807, 2.05) is 0 Å². The van der Waals surface area contributed by atoms with Crippen molar-refractivity contribution >= 4 is 29.1 Å². The van der Waals surface area contributed by atoms with Crippen molar-refractivity contribution in [1.82, 2.24) is 10.6 Å². The van der Waals surface area contributed by atoms with Crippen molar-refractivity contribution in [3.8, 4) is 11.5 Å². The van der Waals surface area contributed by atoms with E-state index in [9.17, 15) is 4.79 Å². The van der Waals surface area contributed by atoms with Crippen LogP contribution in [-0.4, -0.2) is 52.0 Å². The van der Waals surface area contributed by atoms with Gasteiger partial charge >= 0.3 is 0 Å². The highest BCUT2D eigenvalue weighted by Crippen LogP contribution is 2.44. The van der Waals surface area contributed by atoms with Crippen LogP contribution in [0.1, 0.15) is 23.2 Å². The van der Waals surface area contributed by atoms with Gasteiger partial charge in [-0.2, -0.15) is 0 Å². The van der Waals surface area contributed by atoms with Gasteiger partial charge in [0.15, 0.2) is 11.5 Å². The van der Waals surface area contributed by atoms with Crippen LogP contribution in [0.15, 0.2) is 6.07 Å². The monoisotopic (exact) mass is 388 g/mol. The fourth-order valence-corrected chi connectivity index (χ4v) is 3.54. The average Bonchev–Trinajstić information content (AvgIpc) is 2.89. The van der Waals surface area contributed by atoms with Crippen LogP contribution >= 0.6 is 23.2 Å². The lowest BCUT2D eigenvalue weighted by atomic mass is 9.95. The molecule has 1 amide bonds. The quantitative estimate of drug-likeness (QED) is 0.829. The molecule has 3 rings (SSSR count). The van der Waals surface area contributed by atoms with E-state index in [0.717, 1.165) is 19.5 Å². The highest BCUT2D eigenvalue weighted by molar-refractivity contribution is 6.43. The van der Waals surface area contributed by atoms with E-state index in [1.54, 1.807) is 7.11 Å². The number of ether oxygens (including phenoxy) is 3. The first kappa shape index (κ1) is 18.6. The van der Waals surface area contributed by atoms with Gasteiger partial charge in [-0.25, -0.2) is 0 Å².